The number of carbonyl (C=O) groups excluding carboxylic acids is 1. The van der Waals surface area contributed by atoms with E-state index in [9.17, 15) is 4.79 Å². The van der Waals surface area contributed by atoms with Crippen molar-refractivity contribution in [2.45, 2.75) is 13.3 Å². The molecule has 0 spiro atoms. The van der Waals surface area contributed by atoms with Gasteiger partial charge in [-0.25, -0.2) is 0 Å². The van der Waals surface area contributed by atoms with E-state index in [-0.39, 0.29) is 12.5 Å². The van der Waals surface area contributed by atoms with Gasteiger partial charge in [-0.1, -0.05) is 30.9 Å². The van der Waals surface area contributed by atoms with Crippen LogP contribution in [0.3, 0.4) is 0 Å². The summed E-state index contributed by atoms with van der Waals surface area (Å²) in [6, 6.07) is 14.8. The molecule has 1 amide bonds. The minimum absolute atomic E-state index is 0.152. The van der Waals surface area contributed by atoms with Crippen LogP contribution in [0.2, 0.25) is 0 Å². The highest BCUT2D eigenvalue weighted by Crippen LogP contribution is 2.12. The smallest absolute Gasteiger partial charge is 0.255 e. The number of amides is 1. The van der Waals surface area contributed by atoms with E-state index in [1.807, 2.05) is 24.3 Å². The van der Waals surface area contributed by atoms with Gasteiger partial charge >= 0.3 is 0 Å². The highest BCUT2D eigenvalue weighted by atomic mass is 16.2. The van der Waals surface area contributed by atoms with Crippen LogP contribution in [0.1, 0.15) is 28.4 Å². The third kappa shape index (κ3) is 4.20. The van der Waals surface area contributed by atoms with Crippen LogP contribution >= 0.6 is 0 Å². The molecule has 0 aromatic heterocycles. The van der Waals surface area contributed by atoms with Gasteiger partial charge in [0.25, 0.3) is 5.91 Å². The number of hydrogen-bond acceptors (Lipinski definition) is 2. The molecule has 2 N–H and O–H groups in total. The molecule has 2 aromatic carbocycles. The molecule has 0 aliphatic carbocycles. The maximum atomic E-state index is 12.1. The van der Waals surface area contributed by atoms with E-state index >= 15 is 0 Å². The zero-order valence-corrected chi connectivity index (χ0v) is 11.9. The van der Waals surface area contributed by atoms with E-state index in [0.29, 0.717) is 5.56 Å². The summed E-state index contributed by atoms with van der Waals surface area (Å²) in [5, 5.41) is 11.5. The third-order valence-electron chi connectivity index (χ3n) is 3.08. The Balaban J connectivity index is 2.05. The van der Waals surface area contributed by atoms with Gasteiger partial charge in [-0.2, -0.15) is 0 Å². The topological polar surface area (TPSA) is 49.3 Å². The van der Waals surface area contributed by atoms with Crippen molar-refractivity contribution in [3.63, 3.8) is 0 Å². The van der Waals surface area contributed by atoms with Crippen molar-refractivity contribution < 1.29 is 9.90 Å². The van der Waals surface area contributed by atoms with Crippen LogP contribution in [0.5, 0.6) is 0 Å². The quantitative estimate of drug-likeness (QED) is 0.849. The Bertz CT molecular complexity index is 661. The van der Waals surface area contributed by atoms with Crippen LogP contribution in [0.4, 0.5) is 5.69 Å². The van der Waals surface area contributed by atoms with E-state index in [1.165, 1.54) is 5.56 Å². The second-order valence-corrected chi connectivity index (χ2v) is 4.54. The molecule has 0 aliphatic rings. The Hall–Kier alpha value is -2.57. The van der Waals surface area contributed by atoms with Gasteiger partial charge in [0.1, 0.15) is 6.61 Å². The van der Waals surface area contributed by atoms with Gasteiger partial charge in [0.05, 0.1) is 0 Å². The Morgan fingerprint density at radius 3 is 2.33 bits per heavy atom. The molecule has 2 aromatic rings. The second kappa shape index (κ2) is 7.28. The largest absolute Gasteiger partial charge is 0.384 e. The van der Waals surface area contributed by atoms with Crippen molar-refractivity contribution in [1.82, 2.24) is 0 Å². The first-order chi connectivity index (χ1) is 10.2. The summed E-state index contributed by atoms with van der Waals surface area (Å²) in [5.41, 5.74) is 3.36. The van der Waals surface area contributed by atoms with Gasteiger partial charge < -0.3 is 10.4 Å². The Labute approximate surface area is 124 Å². The molecule has 21 heavy (non-hydrogen) atoms. The van der Waals surface area contributed by atoms with Crippen molar-refractivity contribution in [2.24, 2.45) is 0 Å². The third-order valence-corrected chi connectivity index (χ3v) is 3.08. The van der Waals surface area contributed by atoms with Gasteiger partial charge in [-0.05, 0) is 48.4 Å². The number of nitrogens with one attached hydrogen (secondary N) is 1. The van der Waals surface area contributed by atoms with E-state index in [0.717, 1.165) is 17.7 Å². The van der Waals surface area contributed by atoms with Crippen LogP contribution in [-0.2, 0) is 6.42 Å². The van der Waals surface area contributed by atoms with Crippen LogP contribution in [-0.4, -0.2) is 17.6 Å². The Morgan fingerprint density at radius 2 is 1.76 bits per heavy atom. The summed E-state index contributed by atoms with van der Waals surface area (Å²) in [4.78, 5) is 12.1. The molecule has 0 fully saturated rings. The van der Waals surface area contributed by atoms with E-state index in [1.54, 1.807) is 24.3 Å². The first-order valence-electron chi connectivity index (χ1n) is 6.83. The molecule has 0 saturated carbocycles. The summed E-state index contributed by atoms with van der Waals surface area (Å²) in [7, 11) is 0. The van der Waals surface area contributed by atoms with Crippen LogP contribution < -0.4 is 5.32 Å². The number of anilines is 1. The molecule has 3 heteroatoms. The number of aryl methyl sites for hydroxylation is 1. The molecule has 0 atom stereocenters. The lowest BCUT2D eigenvalue weighted by molar-refractivity contribution is 0.102. The fraction of sp³-hybridized carbons (Fsp3) is 0.167. The summed E-state index contributed by atoms with van der Waals surface area (Å²) in [6.45, 7) is 1.92. The van der Waals surface area contributed by atoms with Crippen molar-refractivity contribution in [3.05, 3.63) is 65.2 Å². The molecule has 0 aliphatic heterocycles. The number of aliphatic hydroxyl groups excluding tert-OH is 1. The molecule has 2 rings (SSSR count). The first-order valence-corrected chi connectivity index (χ1v) is 6.83. The van der Waals surface area contributed by atoms with E-state index in [4.69, 9.17) is 5.11 Å². The fourth-order valence-corrected chi connectivity index (χ4v) is 1.87. The number of benzene rings is 2. The SMILES string of the molecule is CCc1ccc(NC(=O)c2ccc(C#CCO)cc2)cc1. The van der Waals surface area contributed by atoms with Crippen LogP contribution in [0.25, 0.3) is 0 Å². The molecule has 0 heterocycles. The zero-order chi connectivity index (χ0) is 15.1. The van der Waals surface area contributed by atoms with Gasteiger partial charge in [0.15, 0.2) is 0 Å². The Morgan fingerprint density at radius 1 is 1.10 bits per heavy atom. The number of aliphatic hydroxyl groups is 1. The highest BCUT2D eigenvalue weighted by molar-refractivity contribution is 6.04. The lowest BCUT2D eigenvalue weighted by atomic mass is 10.1. The molecule has 106 valence electrons. The maximum absolute atomic E-state index is 12.1. The van der Waals surface area contributed by atoms with Gasteiger partial charge in [-0.3, -0.25) is 4.79 Å². The van der Waals surface area contributed by atoms with Gasteiger partial charge in [0, 0.05) is 16.8 Å². The predicted octanol–water partition coefficient (Wildman–Crippen LogP) is 2.85. The van der Waals surface area contributed by atoms with Crippen molar-refractivity contribution >= 4 is 11.6 Å². The number of hydrogen-bond donors (Lipinski definition) is 2. The summed E-state index contributed by atoms with van der Waals surface area (Å²) in [5.74, 6) is 5.21. The Kier molecular flexibility index (Phi) is 5.14. The zero-order valence-electron chi connectivity index (χ0n) is 11.9. The molecule has 0 unspecified atom stereocenters. The first kappa shape index (κ1) is 14.8. The predicted molar refractivity (Wildman–Crippen MR) is 84.2 cm³/mol. The van der Waals surface area contributed by atoms with Crippen molar-refractivity contribution in [3.8, 4) is 11.8 Å². The molecular weight excluding hydrogens is 262 g/mol. The van der Waals surface area contributed by atoms with Gasteiger partial charge in [0.2, 0.25) is 0 Å². The number of carbonyl (C=O) groups is 1. The minimum Gasteiger partial charge on any atom is -0.384 e. The van der Waals surface area contributed by atoms with Crippen LogP contribution in [0.15, 0.2) is 48.5 Å². The van der Waals surface area contributed by atoms with E-state index in [2.05, 4.69) is 24.1 Å². The minimum atomic E-state index is -0.171. The van der Waals surface area contributed by atoms with Crippen molar-refractivity contribution in [2.75, 3.05) is 11.9 Å². The average molecular weight is 279 g/mol. The fourth-order valence-electron chi connectivity index (χ4n) is 1.87. The van der Waals surface area contributed by atoms with Crippen LogP contribution in [0, 0.1) is 11.8 Å². The molecule has 3 nitrogen and oxygen atoms in total. The molecular formula is C18H17NO2. The monoisotopic (exact) mass is 279 g/mol. The lowest BCUT2D eigenvalue weighted by Crippen LogP contribution is -2.11. The maximum Gasteiger partial charge on any atom is 0.255 e. The average Bonchev–Trinajstić information content (AvgIpc) is 2.54. The summed E-state index contributed by atoms with van der Waals surface area (Å²) in [6.07, 6.45) is 0.977. The van der Waals surface area contributed by atoms with E-state index < -0.39 is 0 Å². The van der Waals surface area contributed by atoms with Gasteiger partial charge in [-0.15, -0.1) is 0 Å². The highest BCUT2D eigenvalue weighted by Gasteiger charge is 2.05. The molecule has 0 saturated heterocycles. The normalized spacial score (nSPS) is 9.62. The standard InChI is InChI=1S/C18H17NO2/c1-2-14-7-11-17(12-8-14)19-18(21)16-9-5-15(6-10-16)4-3-13-20/h5-12,20H,2,13H2,1H3,(H,19,21). The van der Waals surface area contributed by atoms with Crippen molar-refractivity contribution in [1.29, 1.82) is 0 Å². The summed E-state index contributed by atoms with van der Waals surface area (Å²) < 4.78 is 0. The summed E-state index contributed by atoms with van der Waals surface area (Å²) >= 11 is 0. The number of rotatable bonds is 3. The molecule has 0 bridgehead atoms. The molecule has 0 radical (unpaired) electrons. The lowest BCUT2D eigenvalue weighted by Gasteiger charge is -2.06. The second-order valence-electron chi connectivity index (χ2n) is 4.54.